The summed E-state index contributed by atoms with van der Waals surface area (Å²) in [7, 11) is -3.39. The van der Waals surface area contributed by atoms with Crippen LogP contribution in [0.1, 0.15) is 61.8 Å². The van der Waals surface area contributed by atoms with Crippen LogP contribution in [0.25, 0.3) is 0 Å². The van der Waals surface area contributed by atoms with Gasteiger partial charge in [-0.2, -0.15) is 8.42 Å². The van der Waals surface area contributed by atoms with Crippen LogP contribution in [0.15, 0.2) is 59.9 Å². The average molecular weight is 657 g/mol. The first-order chi connectivity index (χ1) is 22.1. The van der Waals surface area contributed by atoms with Crippen molar-refractivity contribution in [2.75, 3.05) is 25.8 Å². The van der Waals surface area contributed by atoms with E-state index in [-0.39, 0.29) is 37.0 Å². The molecule has 0 bridgehead atoms. The third-order valence-electron chi connectivity index (χ3n) is 7.89. The van der Waals surface area contributed by atoms with E-state index >= 15 is 0 Å². The molecule has 1 saturated heterocycles. The fourth-order valence-corrected chi connectivity index (χ4v) is 6.31. The Morgan fingerprint density at radius 3 is 2.65 bits per heavy atom. The van der Waals surface area contributed by atoms with Crippen molar-refractivity contribution in [3.05, 3.63) is 60.6 Å². The number of esters is 1. The molecule has 0 saturated carbocycles. The fourth-order valence-electron chi connectivity index (χ4n) is 5.62. The van der Waals surface area contributed by atoms with Gasteiger partial charge in [-0.05, 0) is 30.7 Å². The van der Waals surface area contributed by atoms with E-state index in [9.17, 15) is 27.4 Å². The van der Waals surface area contributed by atoms with E-state index in [2.05, 4.69) is 17.2 Å². The number of likely N-dealkylation sites (tertiary alicyclic amines) is 1. The molecule has 14 nitrogen and oxygen atoms in total. The number of benzene rings is 2. The minimum absolute atomic E-state index is 0.0662. The van der Waals surface area contributed by atoms with E-state index in [1.165, 1.54) is 42.7 Å². The van der Waals surface area contributed by atoms with Gasteiger partial charge in [-0.1, -0.05) is 44.7 Å². The molecule has 3 atom stereocenters. The fraction of sp³-hybridized carbons (Fsp3) is 0.419. The van der Waals surface area contributed by atoms with E-state index in [0.29, 0.717) is 23.7 Å². The molecule has 46 heavy (non-hydrogen) atoms. The molecule has 0 aliphatic carbocycles. The van der Waals surface area contributed by atoms with Crippen molar-refractivity contribution in [3.8, 4) is 17.2 Å². The molecule has 0 spiro atoms. The van der Waals surface area contributed by atoms with Gasteiger partial charge in [-0.3, -0.25) is 14.1 Å². The number of rotatable bonds is 13. The number of methoxy groups -OCH3 is 1. The predicted molar refractivity (Wildman–Crippen MR) is 163 cm³/mol. The van der Waals surface area contributed by atoms with Crippen LogP contribution in [0.2, 0.25) is 0 Å². The minimum atomic E-state index is -4.65. The number of carbonyl (C=O) groups is 3. The summed E-state index contributed by atoms with van der Waals surface area (Å²) in [6.45, 7) is 2.33. The average Bonchev–Trinajstić information content (AvgIpc) is 3.80. The molecule has 15 heteroatoms. The summed E-state index contributed by atoms with van der Waals surface area (Å²) in [5, 5.41) is 2.53. The summed E-state index contributed by atoms with van der Waals surface area (Å²) in [5.41, 5.74) is -0.266. The van der Waals surface area contributed by atoms with Gasteiger partial charge < -0.3 is 33.7 Å². The SMILES string of the molecule is CCCCCC[C@H](C(=O)N1C[C@@H](Oc2ccc3c(c2)OCO3)C[C@H]1C(=O)OC)n1cnc(NC(=O)c2ccccc2S(=O)(=O)O)c1. The molecule has 3 heterocycles. The Hall–Kier alpha value is -4.63. The van der Waals surface area contributed by atoms with Gasteiger partial charge in [0.05, 0.1) is 25.5 Å². The second-order valence-electron chi connectivity index (χ2n) is 11.0. The molecule has 0 radical (unpaired) electrons. The van der Waals surface area contributed by atoms with Gasteiger partial charge in [0.15, 0.2) is 17.3 Å². The highest BCUT2D eigenvalue weighted by Gasteiger charge is 2.44. The molecule has 2 aliphatic heterocycles. The van der Waals surface area contributed by atoms with Crippen LogP contribution >= 0.6 is 0 Å². The monoisotopic (exact) mass is 656 g/mol. The van der Waals surface area contributed by atoms with Crippen molar-refractivity contribution in [2.45, 2.75) is 68.5 Å². The Balaban J connectivity index is 1.36. The Kier molecular flexibility index (Phi) is 10.1. The van der Waals surface area contributed by atoms with Crippen molar-refractivity contribution in [1.82, 2.24) is 14.5 Å². The minimum Gasteiger partial charge on any atom is -0.488 e. The lowest BCUT2D eigenvalue weighted by Gasteiger charge is -2.28. The number of nitrogens with zero attached hydrogens (tertiary/aromatic N) is 3. The summed E-state index contributed by atoms with van der Waals surface area (Å²) in [6, 6.07) is 8.74. The van der Waals surface area contributed by atoms with Crippen LogP contribution in [0, 0.1) is 0 Å². The predicted octanol–water partition coefficient (Wildman–Crippen LogP) is 3.84. The van der Waals surface area contributed by atoms with E-state index in [4.69, 9.17) is 18.9 Å². The number of hydrogen-bond donors (Lipinski definition) is 2. The van der Waals surface area contributed by atoms with Gasteiger partial charge in [-0.25, -0.2) is 9.78 Å². The zero-order chi connectivity index (χ0) is 32.8. The molecule has 2 amide bonds. The maximum Gasteiger partial charge on any atom is 0.328 e. The first kappa shape index (κ1) is 32.8. The molecular formula is C31H36N4O10S. The summed E-state index contributed by atoms with van der Waals surface area (Å²) < 4.78 is 56.7. The molecular weight excluding hydrogens is 620 g/mol. The van der Waals surface area contributed by atoms with Crippen molar-refractivity contribution < 1.29 is 46.3 Å². The Labute approximate surface area is 266 Å². The standard InChI is InChI=1S/C31H36N4O10S/c1-3-4-5-6-10-23(34-17-28(32-18-34)33-29(36)22-9-7-8-11-27(22)46(39,40)41)30(37)35-16-21(14-24(35)31(38)42-2)45-20-12-13-25-26(15-20)44-19-43-25/h7-9,11-13,15,17-18,21,23-24H,3-6,10,14,16,19H2,1-2H3,(H,33,36)(H,39,40,41)/t21-,23+,24-/m0/s1. The van der Waals surface area contributed by atoms with E-state index in [1.54, 1.807) is 22.8 Å². The number of carbonyl (C=O) groups excluding carboxylic acids is 3. The molecule has 2 aromatic carbocycles. The number of hydrogen-bond acceptors (Lipinski definition) is 10. The number of unbranched alkanes of at least 4 members (excludes halogenated alkanes) is 3. The first-order valence-electron chi connectivity index (χ1n) is 14.9. The van der Waals surface area contributed by atoms with Gasteiger partial charge in [0.1, 0.15) is 28.8 Å². The van der Waals surface area contributed by atoms with Crippen LogP contribution in [0.5, 0.6) is 17.2 Å². The third kappa shape index (κ3) is 7.42. The van der Waals surface area contributed by atoms with Gasteiger partial charge in [-0.15, -0.1) is 0 Å². The lowest BCUT2D eigenvalue weighted by atomic mass is 10.1. The van der Waals surface area contributed by atoms with Crippen LogP contribution < -0.4 is 19.5 Å². The van der Waals surface area contributed by atoms with Crippen molar-refractivity contribution >= 4 is 33.7 Å². The molecule has 246 valence electrons. The van der Waals surface area contributed by atoms with Gasteiger partial charge >= 0.3 is 5.97 Å². The zero-order valence-electron chi connectivity index (χ0n) is 25.5. The second-order valence-corrected chi connectivity index (χ2v) is 12.4. The molecule has 5 rings (SSSR count). The largest absolute Gasteiger partial charge is 0.488 e. The smallest absolute Gasteiger partial charge is 0.328 e. The summed E-state index contributed by atoms with van der Waals surface area (Å²) in [5.74, 6) is 0.0158. The highest BCUT2D eigenvalue weighted by molar-refractivity contribution is 7.86. The normalized spacial score (nSPS) is 17.8. The number of imidazole rings is 1. The van der Waals surface area contributed by atoms with Gasteiger partial charge in [0, 0.05) is 18.7 Å². The molecule has 0 unspecified atom stereocenters. The molecule has 3 aromatic rings. The lowest BCUT2D eigenvalue weighted by molar-refractivity contribution is -0.152. The number of aromatic nitrogens is 2. The summed E-state index contributed by atoms with van der Waals surface area (Å²) in [4.78, 5) is 45.2. The Morgan fingerprint density at radius 2 is 1.89 bits per heavy atom. The number of anilines is 1. The van der Waals surface area contributed by atoms with E-state index < -0.39 is 45.1 Å². The quantitative estimate of drug-likeness (QED) is 0.155. The molecule has 1 fully saturated rings. The number of fused-ring (bicyclic) bond motifs is 1. The van der Waals surface area contributed by atoms with Crippen molar-refractivity contribution in [3.63, 3.8) is 0 Å². The molecule has 2 aliphatic rings. The van der Waals surface area contributed by atoms with Gasteiger partial charge in [0.2, 0.25) is 12.7 Å². The highest BCUT2D eigenvalue weighted by atomic mass is 32.2. The van der Waals surface area contributed by atoms with Gasteiger partial charge in [0.25, 0.3) is 16.0 Å². The topological polar surface area (TPSA) is 176 Å². The summed E-state index contributed by atoms with van der Waals surface area (Å²) in [6.07, 6.45) is 6.62. The van der Waals surface area contributed by atoms with E-state index in [1.807, 2.05) is 0 Å². The number of nitrogens with one attached hydrogen (secondary N) is 1. The van der Waals surface area contributed by atoms with Crippen LogP contribution in [-0.4, -0.2) is 77.8 Å². The first-order valence-corrected chi connectivity index (χ1v) is 16.4. The molecule has 1 aromatic heterocycles. The molecule has 2 N–H and O–H groups in total. The number of amides is 2. The Morgan fingerprint density at radius 1 is 1.11 bits per heavy atom. The maximum atomic E-state index is 14.2. The summed E-state index contributed by atoms with van der Waals surface area (Å²) >= 11 is 0. The second kappa shape index (κ2) is 14.2. The van der Waals surface area contributed by atoms with E-state index in [0.717, 1.165) is 31.7 Å². The lowest BCUT2D eigenvalue weighted by Crippen LogP contribution is -2.44. The zero-order valence-corrected chi connectivity index (χ0v) is 26.3. The highest BCUT2D eigenvalue weighted by Crippen LogP contribution is 2.36. The van der Waals surface area contributed by atoms with Crippen molar-refractivity contribution in [1.29, 1.82) is 0 Å². The van der Waals surface area contributed by atoms with Crippen LogP contribution in [-0.2, 0) is 24.4 Å². The number of ether oxygens (including phenoxy) is 4. The Bertz CT molecular complexity index is 1690. The third-order valence-corrected chi connectivity index (χ3v) is 8.81. The maximum absolute atomic E-state index is 14.2. The van der Waals surface area contributed by atoms with Crippen molar-refractivity contribution in [2.24, 2.45) is 0 Å². The van der Waals surface area contributed by atoms with Crippen LogP contribution in [0.3, 0.4) is 0 Å². The van der Waals surface area contributed by atoms with Crippen LogP contribution in [0.4, 0.5) is 5.82 Å².